The van der Waals surface area contributed by atoms with E-state index in [4.69, 9.17) is 0 Å². The van der Waals surface area contributed by atoms with Gasteiger partial charge in [0, 0.05) is 16.6 Å². The second-order valence-corrected chi connectivity index (χ2v) is 5.94. The first-order chi connectivity index (χ1) is 10.9. The maximum atomic E-state index is 13.0. The minimum atomic E-state index is -0.660. The Labute approximate surface area is 142 Å². The molecular weight excluding hydrogens is 393 g/mol. The van der Waals surface area contributed by atoms with Crippen molar-refractivity contribution in [3.05, 3.63) is 39.0 Å². The van der Waals surface area contributed by atoms with Crippen LogP contribution >= 0.6 is 27.7 Å². The molecule has 0 bridgehead atoms. The van der Waals surface area contributed by atoms with Crippen LogP contribution in [0.3, 0.4) is 0 Å². The largest absolute Gasteiger partial charge is 0.507 e. The van der Waals surface area contributed by atoms with Crippen molar-refractivity contribution >= 4 is 51.0 Å². The van der Waals surface area contributed by atoms with E-state index in [9.17, 15) is 19.1 Å². The third-order valence-electron chi connectivity index (χ3n) is 2.51. The van der Waals surface area contributed by atoms with Crippen molar-refractivity contribution in [2.75, 3.05) is 7.11 Å². The summed E-state index contributed by atoms with van der Waals surface area (Å²) in [6.07, 6.45) is 2.23. The molecule has 1 aliphatic rings. The zero-order chi connectivity index (χ0) is 17.0. The molecule has 0 saturated carbocycles. The van der Waals surface area contributed by atoms with Gasteiger partial charge in [-0.1, -0.05) is 0 Å². The van der Waals surface area contributed by atoms with E-state index >= 15 is 0 Å². The molecule has 0 aliphatic carbocycles. The van der Waals surface area contributed by atoms with Crippen molar-refractivity contribution in [1.29, 1.82) is 0 Å². The van der Waals surface area contributed by atoms with E-state index < -0.39 is 17.7 Å². The number of aromatic hydroxyl groups is 1. The molecule has 1 aliphatic heterocycles. The molecule has 0 unspecified atom stereocenters. The molecule has 7 nitrogen and oxygen atoms in total. The number of methoxy groups -OCH3 is 1. The molecule has 0 radical (unpaired) electrons. The number of phenols is 1. The summed E-state index contributed by atoms with van der Waals surface area (Å²) in [5.74, 6) is -2.07. The van der Waals surface area contributed by atoms with E-state index in [1.807, 2.05) is 0 Å². The highest BCUT2D eigenvalue weighted by Gasteiger charge is 2.25. The van der Waals surface area contributed by atoms with Gasteiger partial charge in [-0.05, 0) is 33.8 Å². The maximum Gasteiger partial charge on any atom is 0.331 e. The number of carbonyl (C=O) groups is 2. The van der Waals surface area contributed by atoms with Crippen LogP contribution in [0.2, 0.25) is 0 Å². The van der Waals surface area contributed by atoms with E-state index in [-0.39, 0.29) is 21.4 Å². The fraction of sp³-hybridized carbons (Fsp3) is 0.0769. The first-order valence-electron chi connectivity index (χ1n) is 5.98. The Kier molecular flexibility index (Phi) is 5.50. The Hall–Kier alpha value is -2.20. The first-order valence-corrected chi connectivity index (χ1v) is 7.59. The molecule has 0 aromatic heterocycles. The van der Waals surface area contributed by atoms with Crippen molar-refractivity contribution in [2.24, 2.45) is 10.2 Å². The zero-order valence-electron chi connectivity index (χ0n) is 11.5. The highest BCUT2D eigenvalue weighted by Crippen LogP contribution is 2.26. The number of nitrogens with one attached hydrogen (secondary N) is 1. The van der Waals surface area contributed by atoms with Gasteiger partial charge < -0.3 is 9.84 Å². The molecule has 1 aromatic carbocycles. The molecule has 0 spiro atoms. The highest BCUT2D eigenvalue weighted by molar-refractivity contribution is 9.10. The van der Waals surface area contributed by atoms with E-state index in [0.29, 0.717) is 4.47 Å². The van der Waals surface area contributed by atoms with Crippen LogP contribution in [0.1, 0.15) is 5.56 Å². The number of amides is 1. The molecule has 0 atom stereocenters. The predicted octanol–water partition coefficient (Wildman–Crippen LogP) is 1.90. The van der Waals surface area contributed by atoms with Gasteiger partial charge in [0.25, 0.3) is 5.91 Å². The predicted molar refractivity (Wildman–Crippen MR) is 86.6 cm³/mol. The van der Waals surface area contributed by atoms with E-state index in [1.54, 1.807) is 0 Å². The summed E-state index contributed by atoms with van der Waals surface area (Å²) in [4.78, 5) is 22.8. The van der Waals surface area contributed by atoms with Crippen LogP contribution < -0.4 is 5.32 Å². The Morgan fingerprint density at radius 3 is 2.91 bits per heavy atom. The number of halogens is 2. The standard InChI is InChI=1S/C13H9BrFN3O4S/c1-22-11(20)4-10-12(21)17-13(23-10)18-16-5-7-8(14)2-6(15)3-9(7)19/h2-5,19H,1H3,(H,17,18,21)/b10-4+,16-5?. The summed E-state index contributed by atoms with van der Waals surface area (Å²) in [7, 11) is 1.20. The lowest BCUT2D eigenvalue weighted by atomic mass is 10.2. The quantitative estimate of drug-likeness (QED) is 0.348. The Morgan fingerprint density at radius 1 is 1.52 bits per heavy atom. The number of benzene rings is 1. The van der Waals surface area contributed by atoms with Gasteiger partial charge in [0.15, 0.2) is 5.17 Å². The van der Waals surface area contributed by atoms with Crippen molar-refractivity contribution in [3.63, 3.8) is 0 Å². The summed E-state index contributed by atoms with van der Waals surface area (Å²) in [5.41, 5.74) is 0.232. The van der Waals surface area contributed by atoms with Gasteiger partial charge in [0.05, 0.1) is 23.8 Å². The second-order valence-electron chi connectivity index (χ2n) is 4.06. The van der Waals surface area contributed by atoms with Crippen LogP contribution in [0.5, 0.6) is 5.75 Å². The van der Waals surface area contributed by atoms with E-state index in [1.165, 1.54) is 13.3 Å². The van der Waals surface area contributed by atoms with Gasteiger partial charge in [-0.15, -0.1) is 5.10 Å². The van der Waals surface area contributed by atoms with Crippen LogP contribution in [0, 0.1) is 5.82 Å². The van der Waals surface area contributed by atoms with Crippen LogP contribution in [0.15, 0.2) is 37.8 Å². The summed E-state index contributed by atoms with van der Waals surface area (Å²) in [5, 5.41) is 19.7. The second kappa shape index (κ2) is 7.38. The van der Waals surface area contributed by atoms with Crippen molar-refractivity contribution in [3.8, 4) is 5.75 Å². The average Bonchev–Trinajstić information content (AvgIpc) is 2.81. The zero-order valence-corrected chi connectivity index (χ0v) is 13.9. The Balaban J connectivity index is 2.14. The van der Waals surface area contributed by atoms with Crippen molar-refractivity contribution in [1.82, 2.24) is 5.32 Å². The molecule has 1 fully saturated rings. The normalized spacial score (nSPS) is 18.0. The molecule has 1 heterocycles. The maximum absolute atomic E-state index is 13.0. The number of hydrogen-bond donors (Lipinski definition) is 2. The average molecular weight is 402 g/mol. The monoisotopic (exact) mass is 401 g/mol. The summed E-state index contributed by atoms with van der Waals surface area (Å²) in [6, 6.07) is 2.10. The third kappa shape index (κ3) is 4.39. The molecule has 23 heavy (non-hydrogen) atoms. The number of thioether (sulfide) groups is 1. The summed E-state index contributed by atoms with van der Waals surface area (Å²) >= 11 is 4.00. The summed E-state index contributed by atoms with van der Waals surface area (Å²) < 4.78 is 17.8. The third-order valence-corrected chi connectivity index (χ3v) is 4.07. The van der Waals surface area contributed by atoms with Crippen LogP contribution in [-0.2, 0) is 14.3 Å². The first kappa shape index (κ1) is 17.2. The van der Waals surface area contributed by atoms with E-state index in [2.05, 4.69) is 36.2 Å². The highest BCUT2D eigenvalue weighted by atomic mass is 79.9. The molecule has 2 N–H and O–H groups in total. The molecule has 1 amide bonds. The van der Waals surface area contributed by atoms with Crippen LogP contribution in [-0.4, -0.2) is 35.5 Å². The van der Waals surface area contributed by atoms with Gasteiger partial charge in [0.1, 0.15) is 11.6 Å². The van der Waals surface area contributed by atoms with Gasteiger partial charge in [-0.2, -0.15) is 5.10 Å². The Bertz CT molecular complexity index is 741. The van der Waals surface area contributed by atoms with E-state index in [0.717, 1.165) is 30.0 Å². The lowest BCUT2D eigenvalue weighted by Gasteiger charge is -2.01. The van der Waals surface area contributed by atoms with Gasteiger partial charge in [-0.25, -0.2) is 9.18 Å². The molecule has 2 rings (SSSR count). The number of carbonyl (C=O) groups excluding carboxylic acids is 2. The fourth-order valence-electron chi connectivity index (χ4n) is 1.48. The topological polar surface area (TPSA) is 100 Å². The number of rotatable bonds is 3. The van der Waals surface area contributed by atoms with Gasteiger partial charge >= 0.3 is 5.97 Å². The number of nitrogens with zero attached hydrogens (tertiary/aromatic N) is 2. The number of amidine groups is 1. The summed E-state index contributed by atoms with van der Waals surface area (Å²) in [6.45, 7) is 0. The molecule has 1 aromatic rings. The molecule has 10 heteroatoms. The lowest BCUT2D eigenvalue weighted by Crippen LogP contribution is -2.19. The van der Waals surface area contributed by atoms with Crippen molar-refractivity contribution in [2.45, 2.75) is 0 Å². The number of ether oxygens (including phenoxy) is 1. The molecular formula is C13H9BrFN3O4S. The van der Waals surface area contributed by atoms with Crippen molar-refractivity contribution < 1.29 is 23.8 Å². The lowest BCUT2D eigenvalue weighted by molar-refractivity contribution is -0.135. The minimum absolute atomic E-state index is 0.122. The van der Waals surface area contributed by atoms with Gasteiger partial charge in [0.2, 0.25) is 0 Å². The smallest absolute Gasteiger partial charge is 0.331 e. The van der Waals surface area contributed by atoms with Crippen LogP contribution in [0.25, 0.3) is 0 Å². The van der Waals surface area contributed by atoms with Gasteiger partial charge in [-0.3, -0.25) is 10.1 Å². The minimum Gasteiger partial charge on any atom is -0.507 e. The number of phenolic OH excluding ortho intramolecular Hbond substituents is 1. The number of esters is 1. The molecule has 1 saturated heterocycles. The van der Waals surface area contributed by atoms with Crippen LogP contribution in [0.4, 0.5) is 4.39 Å². The SMILES string of the molecule is COC(=O)/C=C1/S/C(=N\N=Cc2c(O)cc(F)cc2Br)NC1=O. The number of hydrogen-bond acceptors (Lipinski definition) is 7. The molecule has 120 valence electrons. The fourth-order valence-corrected chi connectivity index (χ4v) is 2.74. The Morgan fingerprint density at radius 2 is 2.26 bits per heavy atom.